The molecule has 2 rings (SSSR count). The van der Waals surface area contributed by atoms with E-state index in [0.717, 1.165) is 12.0 Å². The monoisotopic (exact) mass is 313 g/mol. The lowest BCUT2D eigenvalue weighted by atomic mass is 9.91. The Morgan fingerprint density at radius 3 is 2.65 bits per heavy atom. The van der Waals surface area contributed by atoms with E-state index in [-0.39, 0.29) is 17.6 Å². The number of unbranched alkanes of at least 4 members (excludes halogenated alkanes) is 3. The van der Waals surface area contributed by atoms with E-state index in [1.54, 1.807) is 0 Å². The summed E-state index contributed by atoms with van der Waals surface area (Å²) in [6.07, 6.45) is 8.87. The molecule has 1 aliphatic rings. The molecule has 0 aromatic heterocycles. The molecule has 0 bridgehead atoms. The average Bonchev–Trinajstić information content (AvgIpc) is 2.84. The molecule has 0 unspecified atom stereocenters. The molecule has 3 nitrogen and oxygen atoms in total. The highest BCUT2D eigenvalue weighted by molar-refractivity contribution is 6.02. The number of ketones is 1. The van der Waals surface area contributed by atoms with Crippen LogP contribution >= 0.6 is 0 Å². The van der Waals surface area contributed by atoms with Gasteiger partial charge in [-0.2, -0.15) is 0 Å². The molecule has 1 aromatic carbocycles. The predicted octanol–water partition coefficient (Wildman–Crippen LogP) is 3.99. The van der Waals surface area contributed by atoms with Gasteiger partial charge in [-0.05, 0) is 25.3 Å². The minimum atomic E-state index is -0.499. The average molecular weight is 313 g/mol. The molecular formula is C20H27NO2. The van der Waals surface area contributed by atoms with E-state index >= 15 is 0 Å². The fourth-order valence-electron chi connectivity index (χ4n) is 3.21. The summed E-state index contributed by atoms with van der Waals surface area (Å²) in [6, 6.07) is 9.95. The van der Waals surface area contributed by atoms with Crippen molar-refractivity contribution >= 4 is 11.7 Å². The molecule has 0 saturated carbocycles. The number of benzene rings is 1. The first-order valence-electron chi connectivity index (χ1n) is 8.63. The minimum Gasteiger partial charge on any atom is -0.337 e. The molecule has 1 aromatic rings. The van der Waals surface area contributed by atoms with Gasteiger partial charge in [-0.3, -0.25) is 9.59 Å². The first kappa shape index (κ1) is 17.5. The van der Waals surface area contributed by atoms with Crippen LogP contribution in [0.4, 0.5) is 0 Å². The van der Waals surface area contributed by atoms with Crippen LogP contribution in [0.2, 0.25) is 0 Å². The van der Waals surface area contributed by atoms with Gasteiger partial charge < -0.3 is 4.90 Å². The number of amides is 1. The summed E-state index contributed by atoms with van der Waals surface area (Å²) in [6.45, 7) is 4.95. The molecule has 2 atom stereocenters. The number of rotatable bonds is 8. The molecule has 0 aliphatic carbocycles. The van der Waals surface area contributed by atoms with E-state index in [4.69, 9.17) is 0 Å². The van der Waals surface area contributed by atoms with E-state index in [1.807, 2.05) is 35.2 Å². The van der Waals surface area contributed by atoms with Gasteiger partial charge in [0.1, 0.15) is 11.7 Å². The molecule has 1 aliphatic heterocycles. The number of nitrogens with zero attached hydrogens (tertiary/aromatic N) is 1. The molecule has 0 N–H and O–H groups in total. The van der Waals surface area contributed by atoms with Crippen LogP contribution < -0.4 is 0 Å². The van der Waals surface area contributed by atoms with Crippen molar-refractivity contribution in [3.05, 3.63) is 48.0 Å². The van der Waals surface area contributed by atoms with Crippen molar-refractivity contribution in [1.29, 1.82) is 0 Å². The van der Waals surface area contributed by atoms with Gasteiger partial charge in [0.05, 0.1) is 0 Å². The van der Waals surface area contributed by atoms with Gasteiger partial charge >= 0.3 is 0 Å². The van der Waals surface area contributed by atoms with Crippen molar-refractivity contribution in [3.63, 3.8) is 0 Å². The maximum Gasteiger partial charge on any atom is 0.234 e. The van der Waals surface area contributed by atoms with E-state index in [0.29, 0.717) is 13.1 Å². The SMILES string of the molecule is CCCCC/C=C/[C@H]1CN(Cc2ccccc2)C(=O)[C@@H]1C(C)=O. The molecular weight excluding hydrogens is 286 g/mol. The van der Waals surface area contributed by atoms with Crippen LogP contribution in [0, 0.1) is 11.8 Å². The third-order valence-electron chi connectivity index (χ3n) is 4.45. The Morgan fingerprint density at radius 2 is 2.00 bits per heavy atom. The molecule has 1 saturated heterocycles. The molecule has 1 heterocycles. The molecule has 1 amide bonds. The van der Waals surface area contributed by atoms with Gasteiger partial charge in [0.15, 0.2) is 0 Å². The van der Waals surface area contributed by atoms with Crippen LogP contribution in [0.1, 0.15) is 45.1 Å². The maximum absolute atomic E-state index is 12.6. The molecule has 23 heavy (non-hydrogen) atoms. The lowest BCUT2D eigenvalue weighted by Crippen LogP contribution is -2.29. The van der Waals surface area contributed by atoms with Crippen molar-refractivity contribution in [1.82, 2.24) is 4.90 Å². The topological polar surface area (TPSA) is 37.4 Å². The number of carbonyl (C=O) groups is 2. The molecule has 0 radical (unpaired) electrons. The second-order valence-electron chi connectivity index (χ2n) is 6.38. The highest BCUT2D eigenvalue weighted by Crippen LogP contribution is 2.28. The van der Waals surface area contributed by atoms with Gasteiger partial charge in [0, 0.05) is 19.0 Å². The van der Waals surface area contributed by atoms with Gasteiger partial charge in [0.2, 0.25) is 5.91 Å². The fourth-order valence-corrected chi connectivity index (χ4v) is 3.21. The van der Waals surface area contributed by atoms with Gasteiger partial charge in [-0.25, -0.2) is 0 Å². The Labute approximate surface area is 139 Å². The standard InChI is InChI=1S/C20H27NO2/c1-3-4-5-6-10-13-18-15-21(20(23)19(18)16(2)22)14-17-11-8-7-9-12-17/h7-13,18-19H,3-6,14-15H2,1-2H3/b13-10+/t18-,19+/m0/s1. The van der Waals surface area contributed by atoms with Crippen molar-refractivity contribution < 1.29 is 9.59 Å². The highest BCUT2D eigenvalue weighted by atomic mass is 16.2. The maximum atomic E-state index is 12.6. The van der Waals surface area contributed by atoms with Gasteiger partial charge in [0.25, 0.3) is 0 Å². The molecule has 0 spiro atoms. The summed E-state index contributed by atoms with van der Waals surface area (Å²) < 4.78 is 0. The summed E-state index contributed by atoms with van der Waals surface area (Å²) in [5, 5.41) is 0. The summed E-state index contributed by atoms with van der Waals surface area (Å²) in [4.78, 5) is 26.3. The van der Waals surface area contributed by atoms with Crippen LogP contribution in [-0.2, 0) is 16.1 Å². The van der Waals surface area contributed by atoms with E-state index in [9.17, 15) is 9.59 Å². The number of hydrogen-bond acceptors (Lipinski definition) is 2. The molecule has 124 valence electrons. The van der Waals surface area contributed by atoms with Crippen LogP contribution in [0.15, 0.2) is 42.5 Å². The summed E-state index contributed by atoms with van der Waals surface area (Å²) in [5.74, 6) is -0.523. The Hall–Kier alpha value is -1.90. The Bertz CT molecular complexity index is 550. The summed E-state index contributed by atoms with van der Waals surface area (Å²) in [7, 11) is 0. The number of hydrogen-bond donors (Lipinski definition) is 0. The van der Waals surface area contributed by atoms with Crippen molar-refractivity contribution in [2.24, 2.45) is 11.8 Å². The minimum absolute atomic E-state index is 0.0188. The first-order chi connectivity index (χ1) is 11.1. The van der Waals surface area contributed by atoms with Crippen LogP contribution in [0.5, 0.6) is 0 Å². The fraction of sp³-hybridized carbons (Fsp3) is 0.500. The zero-order valence-corrected chi connectivity index (χ0v) is 14.2. The summed E-state index contributed by atoms with van der Waals surface area (Å²) >= 11 is 0. The van der Waals surface area contributed by atoms with Gasteiger partial charge in [-0.1, -0.05) is 62.2 Å². The predicted molar refractivity (Wildman–Crippen MR) is 92.8 cm³/mol. The Morgan fingerprint density at radius 1 is 1.26 bits per heavy atom. The Kier molecular flexibility index (Phi) is 6.57. The zero-order chi connectivity index (χ0) is 16.7. The lowest BCUT2D eigenvalue weighted by Gasteiger charge is -2.16. The summed E-state index contributed by atoms with van der Waals surface area (Å²) in [5.41, 5.74) is 1.11. The smallest absolute Gasteiger partial charge is 0.234 e. The van der Waals surface area contributed by atoms with E-state index in [1.165, 1.54) is 26.2 Å². The van der Waals surface area contributed by atoms with Crippen LogP contribution in [-0.4, -0.2) is 23.1 Å². The largest absolute Gasteiger partial charge is 0.337 e. The Balaban J connectivity index is 2.01. The van der Waals surface area contributed by atoms with Crippen LogP contribution in [0.3, 0.4) is 0 Å². The highest BCUT2D eigenvalue weighted by Gasteiger charge is 2.41. The number of allylic oxidation sites excluding steroid dienone is 1. The lowest BCUT2D eigenvalue weighted by molar-refractivity contribution is -0.136. The first-order valence-corrected chi connectivity index (χ1v) is 8.63. The second kappa shape index (κ2) is 8.66. The van der Waals surface area contributed by atoms with Crippen molar-refractivity contribution in [2.45, 2.75) is 46.1 Å². The van der Waals surface area contributed by atoms with E-state index < -0.39 is 5.92 Å². The van der Waals surface area contributed by atoms with Crippen molar-refractivity contribution in [3.8, 4) is 0 Å². The molecule has 1 fully saturated rings. The number of carbonyl (C=O) groups excluding carboxylic acids is 2. The molecule has 3 heteroatoms. The van der Waals surface area contributed by atoms with Crippen molar-refractivity contribution in [2.75, 3.05) is 6.54 Å². The quantitative estimate of drug-likeness (QED) is 0.413. The van der Waals surface area contributed by atoms with Crippen LogP contribution in [0.25, 0.3) is 0 Å². The third kappa shape index (κ3) is 4.78. The zero-order valence-electron chi connectivity index (χ0n) is 14.2. The number of likely N-dealkylation sites (tertiary alicyclic amines) is 1. The number of Topliss-reactive ketones (excluding diaryl/α,β-unsaturated/α-hetero) is 1. The normalized spacial score (nSPS) is 21.3. The van der Waals surface area contributed by atoms with E-state index in [2.05, 4.69) is 19.1 Å². The van der Waals surface area contributed by atoms with Gasteiger partial charge in [-0.15, -0.1) is 0 Å². The second-order valence-corrected chi connectivity index (χ2v) is 6.38. The third-order valence-corrected chi connectivity index (χ3v) is 4.45.